The Morgan fingerprint density at radius 2 is 2.23 bits per heavy atom. The third kappa shape index (κ3) is 3.87. The van der Waals surface area contributed by atoms with Crippen molar-refractivity contribution in [2.24, 2.45) is 5.73 Å². The van der Waals surface area contributed by atoms with E-state index in [1.165, 1.54) is 29.5 Å². The first-order valence-electron chi connectivity index (χ1n) is 6.53. The number of carbonyl (C=O) groups is 2. The van der Waals surface area contributed by atoms with Crippen LogP contribution < -0.4 is 11.1 Å². The number of thiophene rings is 1. The van der Waals surface area contributed by atoms with E-state index in [1.54, 1.807) is 12.1 Å². The highest BCUT2D eigenvalue weighted by molar-refractivity contribution is 7.99. The number of nitrogens with two attached hydrogens (primary N) is 1. The molecule has 2 aromatic rings. The van der Waals surface area contributed by atoms with E-state index in [0.29, 0.717) is 22.3 Å². The van der Waals surface area contributed by atoms with E-state index in [0.717, 1.165) is 4.21 Å². The Kier molecular flexibility index (Phi) is 5.22. The Bertz CT molecular complexity index is 666. The zero-order valence-electron chi connectivity index (χ0n) is 12.4. The molecule has 0 aliphatic carbocycles. The van der Waals surface area contributed by atoms with Gasteiger partial charge in [-0.2, -0.15) is 5.10 Å². The zero-order chi connectivity index (χ0) is 16.3. The van der Waals surface area contributed by atoms with Gasteiger partial charge < -0.3 is 11.1 Å². The molecule has 2 rings (SSSR count). The van der Waals surface area contributed by atoms with Crippen LogP contribution in [0, 0.1) is 0 Å². The minimum absolute atomic E-state index is 0.303. The molecule has 0 aliphatic heterocycles. The normalized spacial score (nSPS) is 11.1. The molecule has 2 amide bonds. The molecule has 0 fully saturated rings. The van der Waals surface area contributed by atoms with Crippen LogP contribution in [0.1, 0.15) is 34.7 Å². The van der Waals surface area contributed by atoms with Crippen LogP contribution >= 0.6 is 23.3 Å². The second-order valence-electron chi connectivity index (χ2n) is 4.83. The Morgan fingerprint density at radius 3 is 2.77 bits per heavy atom. The van der Waals surface area contributed by atoms with Gasteiger partial charge in [0, 0.05) is 12.2 Å². The van der Waals surface area contributed by atoms with Gasteiger partial charge in [-0.1, -0.05) is 0 Å². The first-order chi connectivity index (χ1) is 10.4. The average molecular weight is 339 g/mol. The van der Waals surface area contributed by atoms with Gasteiger partial charge in [-0.15, -0.1) is 11.3 Å². The maximum atomic E-state index is 12.0. The summed E-state index contributed by atoms with van der Waals surface area (Å²) in [5.41, 5.74) is 6.01. The number of H-pyrrole nitrogens is 1. The van der Waals surface area contributed by atoms with Crippen LogP contribution in [0.4, 0.5) is 5.00 Å². The number of rotatable bonds is 6. The number of amides is 2. The van der Waals surface area contributed by atoms with E-state index < -0.39 is 5.91 Å². The fraction of sp³-hybridized carbons (Fsp3) is 0.308. The monoisotopic (exact) mass is 339 g/mol. The van der Waals surface area contributed by atoms with E-state index in [4.69, 9.17) is 5.73 Å². The number of aromatic nitrogens is 2. The van der Waals surface area contributed by atoms with Gasteiger partial charge in [0.25, 0.3) is 11.8 Å². The summed E-state index contributed by atoms with van der Waals surface area (Å²) in [5, 5.41) is 9.42. The molecule has 0 atom stereocenters. The van der Waals surface area contributed by atoms with Gasteiger partial charge in [0.2, 0.25) is 0 Å². The first-order valence-corrected chi connectivity index (χ1v) is 8.12. The van der Waals surface area contributed by atoms with Gasteiger partial charge in [-0.3, -0.25) is 14.7 Å². The van der Waals surface area contributed by atoms with Gasteiger partial charge >= 0.3 is 0 Å². The molecule has 0 saturated carbocycles. The highest BCUT2D eigenvalue weighted by Crippen LogP contribution is 2.36. The van der Waals surface area contributed by atoms with E-state index in [2.05, 4.69) is 33.7 Å². The van der Waals surface area contributed by atoms with Gasteiger partial charge in [-0.25, -0.2) is 4.31 Å². The SMILES string of the molecule is CC(C)N(C)Sc1cc(C(N)=O)c(NC(=O)c2ccn[nH]2)s1. The molecule has 22 heavy (non-hydrogen) atoms. The Balaban J connectivity index is 2.20. The number of hydrogen-bond acceptors (Lipinski definition) is 6. The van der Waals surface area contributed by atoms with Crippen molar-refractivity contribution in [1.82, 2.24) is 14.5 Å². The predicted molar refractivity (Wildman–Crippen MR) is 88.1 cm³/mol. The minimum atomic E-state index is -0.574. The Labute approximate surface area is 136 Å². The van der Waals surface area contributed by atoms with Gasteiger partial charge in [0.1, 0.15) is 10.7 Å². The van der Waals surface area contributed by atoms with E-state index in [1.807, 2.05) is 7.05 Å². The highest BCUT2D eigenvalue weighted by atomic mass is 32.2. The van der Waals surface area contributed by atoms with E-state index in [-0.39, 0.29) is 5.91 Å². The molecule has 9 heteroatoms. The van der Waals surface area contributed by atoms with Gasteiger partial charge in [0.15, 0.2) is 0 Å². The lowest BCUT2D eigenvalue weighted by Gasteiger charge is -2.18. The molecular weight excluding hydrogens is 322 g/mol. The molecule has 0 aliphatic rings. The lowest BCUT2D eigenvalue weighted by molar-refractivity contribution is 0.100. The molecule has 0 radical (unpaired) electrons. The number of aromatic amines is 1. The lowest BCUT2D eigenvalue weighted by Crippen LogP contribution is -2.17. The summed E-state index contributed by atoms with van der Waals surface area (Å²) < 4.78 is 2.93. The Hall–Kier alpha value is -1.84. The fourth-order valence-electron chi connectivity index (χ4n) is 1.49. The average Bonchev–Trinajstić information content (AvgIpc) is 3.07. The molecule has 118 valence electrons. The molecule has 0 unspecified atom stereocenters. The first kappa shape index (κ1) is 16.5. The van der Waals surface area contributed by atoms with Crippen molar-refractivity contribution in [3.05, 3.63) is 29.6 Å². The molecule has 4 N–H and O–H groups in total. The van der Waals surface area contributed by atoms with Crippen LogP contribution in [0.5, 0.6) is 0 Å². The molecule has 0 aromatic carbocycles. The molecule has 2 aromatic heterocycles. The van der Waals surface area contributed by atoms with Crippen LogP contribution in [0.25, 0.3) is 0 Å². The maximum Gasteiger partial charge on any atom is 0.274 e. The quantitative estimate of drug-likeness (QED) is 0.700. The van der Waals surface area contributed by atoms with Crippen molar-refractivity contribution in [1.29, 1.82) is 0 Å². The van der Waals surface area contributed by atoms with Crippen LogP contribution in [0.15, 0.2) is 22.5 Å². The Morgan fingerprint density at radius 1 is 1.50 bits per heavy atom. The third-order valence-electron chi connectivity index (χ3n) is 2.91. The summed E-state index contributed by atoms with van der Waals surface area (Å²) >= 11 is 2.81. The topological polar surface area (TPSA) is 104 Å². The van der Waals surface area contributed by atoms with E-state index >= 15 is 0 Å². The van der Waals surface area contributed by atoms with E-state index in [9.17, 15) is 9.59 Å². The number of carbonyl (C=O) groups excluding carboxylic acids is 2. The zero-order valence-corrected chi connectivity index (χ0v) is 14.0. The summed E-state index contributed by atoms with van der Waals surface area (Å²) in [6.45, 7) is 4.13. The maximum absolute atomic E-state index is 12.0. The summed E-state index contributed by atoms with van der Waals surface area (Å²) in [5.74, 6) is -0.939. The summed E-state index contributed by atoms with van der Waals surface area (Å²) in [6.07, 6.45) is 1.48. The number of hydrogen-bond donors (Lipinski definition) is 3. The van der Waals surface area contributed by atoms with Gasteiger partial charge in [-0.05, 0) is 45.0 Å². The number of anilines is 1. The van der Waals surface area contributed by atoms with Crippen LogP contribution in [0.2, 0.25) is 0 Å². The molecule has 0 bridgehead atoms. The summed E-state index contributed by atoms with van der Waals surface area (Å²) in [7, 11) is 1.96. The van der Waals surface area contributed by atoms with Crippen LogP contribution in [-0.2, 0) is 0 Å². The molecule has 7 nitrogen and oxygen atoms in total. The highest BCUT2D eigenvalue weighted by Gasteiger charge is 2.19. The van der Waals surface area contributed by atoms with Crippen molar-refractivity contribution < 1.29 is 9.59 Å². The van der Waals surface area contributed by atoms with Crippen molar-refractivity contribution >= 4 is 40.1 Å². The summed E-state index contributed by atoms with van der Waals surface area (Å²) in [4.78, 5) is 23.6. The molecule has 0 saturated heterocycles. The molecule has 2 heterocycles. The van der Waals surface area contributed by atoms with Crippen molar-refractivity contribution in [2.45, 2.75) is 24.1 Å². The van der Waals surface area contributed by atoms with Crippen LogP contribution in [0.3, 0.4) is 0 Å². The minimum Gasteiger partial charge on any atom is -0.366 e. The summed E-state index contributed by atoms with van der Waals surface area (Å²) in [6, 6.07) is 3.58. The smallest absolute Gasteiger partial charge is 0.274 e. The number of nitrogens with one attached hydrogen (secondary N) is 2. The molecule has 0 spiro atoms. The van der Waals surface area contributed by atoms with Crippen molar-refractivity contribution in [3.8, 4) is 0 Å². The standard InChI is InChI=1S/C13H17N5O2S2/c1-7(2)18(3)22-10-6-8(11(14)19)13(21-10)16-12(20)9-4-5-15-17-9/h4-7H,1-3H3,(H2,14,19)(H,15,17)(H,16,20). The lowest BCUT2D eigenvalue weighted by atomic mass is 10.3. The number of nitrogens with zero attached hydrogens (tertiary/aromatic N) is 2. The van der Waals surface area contributed by atoms with Gasteiger partial charge in [0.05, 0.1) is 9.77 Å². The number of primary amides is 1. The third-order valence-corrected chi connectivity index (χ3v) is 5.23. The van der Waals surface area contributed by atoms with Crippen LogP contribution in [-0.4, -0.2) is 39.4 Å². The molecular formula is C13H17N5O2S2. The van der Waals surface area contributed by atoms with Crippen molar-refractivity contribution in [3.63, 3.8) is 0 Å². The second kappa shape index (κ2) is 6.95. The predicted octanol–water partition coefficient (Wildman–Crippen LogP) is 2.17. The fourth-order valence-corrected chi connectivity index (χ4v) is 3.70. The largest absolute Gasteiger partial charge is 0.366 e. The second-order valence-corrected chi connectivity index (χ2v) is 7.34. The van der Waals surface area contributed by atoms with Crippen molar-refractivity contribution in [2.75, 3.05) is 12.4 Å².